The second-order valence-electron chi connectivity index (χ2n) is 5.04. The highest BCUT2D eigenvalue weighted by atomic mass is 16.5. The molecule has 1 aromatic carbocycles. The lowest BCUT2D eigenvalue weighted by Crippen LogP contribution is -2.51. The molecule has 1 aromatic rings. The van der Waals surface area contributed by atoms with Gasteiger partial charge in [-0.3, -0.25) is 4.79 Å². The van der Waals surface area contributed by atoms with Crippen LogP contribution in [0.5, 0.6) is 0 Å². The molecule has 6 heteroatoms. The molecular weight excluding hydrogens is 270 g/mol. The number of benzene rings is 1. The molecule has 21 heavy (non-hydrogen) atoms. The van der Waals surface area contributed by atoms with Gasteiger partial charge in [-0.2, -0.15) is 0 Å². The van der Waals surface area contributed by atoms with Gasteiger partial charge < -0.3 is 20.7 Å². The van der Waals surface area contributed by atoms with Crippen LogP contribution in [0.1, 0.15) is 12.0 Å². The second-order valence-corrected chi connectivity index (χ2v) is 5.04. The number of amides is 3. The zero-order chi connectivity index (χ0) is 15.1. The van der Waals surface area contributed by atoms with Crippen molar-refractivity contribution in [3.8, 4) is 0 Å². The summed E-state index contributed by atoms with van der Waals surface area (Å²) in [7, 11) is 0. The minimum atomic E-state index is -0.685. The number of rotatable bonds is 4. The van der Waals surface area contributed by atoms with Crippen molar-refractivity contribution >= 4 is 11.9 Å². The molecule has 0 aliphatic carbocycles. The number of carbonyl (C=O) groups excluding carboxylic acids is 2. The van der Waals surface area contributed by atoms with Crippen LogP contribution in [-0.4, -0.2) is 49.2 Å². The molecular formula is C15H21N3O3. The Bertz CT molecular complexity index is 470. The summed E-state index contributed by atoms with van der Waals surface area (Å²) in [6.07, 6.45) is 1.24. The Labute approximate surface area is 124 Å². The molecule has 1 atom stereocenters. The van der Waals surface area contributed by atoms with E-state index in [1.54, 1.807) is 4.90 Å². The molecule has 0 spiro atoms. The third-order valence-corrected chi connectivity index (χ3v) is 3.43. The molecule has 1 aliphatic rings. The second kappa shape index (κ2) is 7.64. The molecule has 1 fully saturated rings. The van der Waals surface area contributed by atoms with E-state index >= 15 is 0 Å². The van der Waals surface area contributed by atoms with Crippen LogP contribution in [0, 0.1) is 0 Å². The Balaban J connectivity index is 2.06. The van der Waals surface area contributed by atoms with Crippen molar-refractivity contribution in [2.75, 3.05) is 26.3 Å². The molecule has 1 saturated heterocycles. The van der Waals surface area contributed by atoms with E-state index in [9.17, 15) is 9.59 Å². The van der Waals surface area contributed by atoms with Crippen molar-refractivity contribution in [1.29, 1.82) is 0 Å². The molecule has 6 nitrogen and oxygen atoms in total. The van der Waals surface area contributed by atoms with Crippen LogP contribution in [-0.2, 0) is 16.0 Å². The fourth-order valence-electron chi connectivity index (χ4n) is 2.41. The van der Waals surface area contributed by atoms with E-state index in [1.165, 1.54) is 0 Å². The van der Waals surface area contributed by atoms with E-state index < -0.39 is 12.1 Å². The molecule has 1 unspecified atom stereocenters. The van der Waals surface area contributed by atoms with E-state index in [0.717, 1.165) is 12.0 Å². The van der Waals surface area contributed by atoms with Gasteiger partial charge in [0.15, 0.2) is 0 Å². The lowest BCUT2D eigenvalue weighted by Gasteiger charge is -2.26. The van der Waals surface area contributed by atoms with Crippen LogP contribution in [0.3, 0.4) is 0 Å². The summed E-state index contributed by atoms with van der Waals surface area (Å²) in [6.45, 7) is 2.38. The summed E-state index contributed by atoms with van der Waals surface area (Å²) in [4.78, 5) is 25.5. The molecule has 1 heterocycles. The lowest BCUT2D eigenvalue weighted by atomic mass is 10.0. The molecule has 2 rings (SSSR count). The fraction of sp³-hybridized carbons (Fsp3) is 0.467. The van der Waals surface area contributed by atoms with Crippen molar-refractivity contribution < 1.29 is 14.3 Å². The monoisotopic (exact) mass is 291 g/mol. The highest BCUT2D eigenvalue weighted by Gasteiger charge is 2.26. The van der Waals surface area contributed by atoms with E-state index in [4.69, 9.17) is 10.5 Å². The highest BCUT2D eigenvalue weighted by Crippen LogP contribution is 2.08. The average Bonchev–Trinajstić information content (AvgIpc) is 2.75. The maximum Gasteiger partial charge on any atom is 0.312 e. The molecule has 1 aliphatic heterocycles. The lowest BCUT2D eigenvalue weighted by molar-refractivity contribution is -0.133. The zero-order valence-electron chi connectivity index (χ0n) is 12.0. The summed E-state index contributed by atoms with van der Waals surface area (Å²) in [5.74, 6) is -0.108. The van der Waals surface area contributed by atoms with E-state index in [-0.39, 0.29) is 5.91 Å². The van der Waals surface area contributed by atoms with Crippen LogP contribution >= 0.6 is 0 Å². The van der Waals surface area contributed by atoms with Gasteiger partial charge in [0, 0.05) is 26.1 Å². The number of urea groups is 1. The van der Waals surface area contributed by atoms with Crippen molar-refractivity contribution in [1.82, 2.24) is 10.2 Å². The van der Waals surface area contributed by atoms with Gasteiger partial charge in [-0.1, -0.05) is 30.3 Å². The van der Waals surface area contributed by atoms with Crippen LogP contribution < -0.4 is 11.1 Å². The van der Waals surface area contributed by atoms with Gasteiger partial charge in [0.05, 0.1) is 6.61 Å². The minimum Gasteiger partial charge on any atom is -0.380 e. The van der Waals surface area contributed by atoms with Gasteiger partial charge in [0.25, 0.3) is 0 Å². The van der Waals surface area contributed by atoms with Crippen molar-refractivity contribution in [2.45, 2.75) is 18.9 Å². The molecule has 0 radical (unpaired) electrons. The standard InChI is InChI=1S/C15H21N3O3/c16-15(20)17-13(11-12-5-2-1-3-6-12)14(19)18-7-4-9-21-10-8-18/h1-3,5-6,13H,4,7-11H2,(H3,16,17,20). The number of hydrogen-bond acceptors (Lipinski definition) is 3. The molecule has 3 N–H and O–H groups in total. The molecule has 0 saturated carbocycles. The first-order chi connectivity index (χ1) is 10.2. The summed E-state index contributed by atoms with van der Waals surface area (Å²) in [5, 5.41) is 2.55. The maximum atomic E-state index is 12.6. The average molecular weight is 291 g/mol. The molecule has 114 valence electrons. The Morgan fingerprint density at radius 2 is 2.00 bits per heavy atom. The first-order valence-corrected chi connectivity index (χ1v) is 7.13. The summed E-state index contributed by atoms with van der Waals surface area (Å²) >= 11 is 0. The SMILES string of the molecule is NC(=O)NC(Cc1ccccc1)C(=O)N1CCCOCC1. The van der Waals surface area contributed by atoms with Crippen molar-refractivity contribution in [2.24, 2.45) is 5.73 Å². The van der Waals surface area contributed by atoms with Gasteiger partial charge in [-0.05, 0) is 12.0 Å². The third kappa shape index (κ3) is 4.75. The first kappa shape index (κ1) is 15.3. The van der Waals surface area contributed by atoms with Crippen LogP contribution in [0.2, 0.25) is 0 Å². The van der Waals surface area contributed by atoms with E-state index in [2.05, 4.69) is 5.32 Å². The quantitative estimate of drug-likeness (QED) is 0.848. The largest absolute Gasteiger partial charge is 0.380 e. The summed E-state index contributed by atoms with van der Waals surface area (Å²) < 4.78 is 5.35. The van der Waals surface area contributed by atoms with Crippen LogP contribution in [0.25, 0.3) is 0 Å². The fourth-order valence-corrected chi connectivity index (χ4v) is 2.41. The number of nitrogens with one attached hydrogen (secondary N) is 1. The minimum absolute atomic E-state index is 0.108. The maximum absolute atomic E-state index is 12.6. The van der Waals surface area contributed by atoms with E-state index in [1.807, 2.05) is 30.3 Å². The van der Waals surface area contributed by atoms with Crippen molar-refractivity contribution in [3.63, 3.8) is 0 Å². The number of nitrogens with zero attached hydrogens (tertiary/aromatic N) is 1. The van der Waals surface area contributed by atoms with E-state index in [0.29, 0.717) is 32.7 Å². The number of ether oxygens (including phenoxy) is 1. The molecule has 3 amide bonds. The highest BCUT2D eigenvalue weighted by molar-refractivity contribution is 5.86. The number of primary amides is 1. The Hall–Kier alpha value is -2.08. The predicted molar refractivity (Wildman–Crippen MR) is 78.7 cm³/mol. The zero-order valence-corrected chi connectivity index (χ0v) is 12.0. The number of hydrogen-bond donors (Lipinski definition) is 2. The predicted octanol–water partition coefficient (Wildman–Crippen LogP) is 0.515. The van der Waals surface area contributed by atoms with Gasteiger partial charge in [-0.15, -0.1) is 0 Å². The van der Waals surface area contributed by atoms with Crippen LogP contribution in [0.15, 0.2) is 30.3 Å². The van der Waals surface area contributed by atoms with Gasteiger partial charge in [0.1, 0.15) is 6.04 Å². The van der Waals surface area contributed by atoms with Crippen molar-refractivity contribution in [3.05, 3.63) is 35.9 Å². The third-order valence-electron chi connectivity index (χ3n) is 3.43. The Kier molecular flexibility index (Phi) is 5.57. The first-order valence-electron chi connectivity index (χ1n) is 7.13. The Morgan fingerprint density at radius 3 is 2.71 bits per heavy atom. The summed E-state index contributed by atoms with van der Waals surface area (Å²) in [6, 6.07) is 8.25. The number of nitrogens with two attached hydrogens (primary N) is 1. The summed E-state index contributed by atoms with van der Waals surface area (Å²) in [5.41, 5.74) is 6.18. The Morgan fingerprint density at radius 1 is 1.24 bits per heavy atom. The van der Waals surface area contributed by atoms with Gasteiger partial charge in [-0.25, -0.2) is 4.79 Å². The number of carbonyl (C=O) groups is 2. The normalized spacial score (nSPS) is 16.9. The van der Waals surface area contributed by atoms with Gasteiger partial charge >= 0.3 is 6.03 Å². The smallest absolute Gasteiger partial charge is 0.312 e. The van der Waals surface area contributed by atoms with Gasteiger partial charge in [0.2, 0.25) is 5.91 Å². The molecule has 0 bridgehead atoms. The van der Waals surface area contributed by atoms with Crippen LogP contribution in [0.4, 0.5) is 4.79 Å². The topological polar surface area (TPSA) is 84.7 Å². The molecule has 0 aromatic heterocycles.